The molecular formula is C16H16N2S2. The lowest BCUT2D eigenvalue weighted by Crippen LogP contribution is -2.24. The minimum atomic E-state index is 0.255. The molecule has 0 aliphatic carbocycles. The highest BCUT2D eigenvalue weighted by Crippen LogP contribution is 2.31. The van der Waals surface area contributed by atoms with Crippen molar-refractivity contribution in [2.24, 2.45) is 0 Å². The molecule has 0 aliphatic heterocycles. The van der Waals surface area contributed by atoms with Crippen molar-refractivity contribution in [2.75, 3.05) is 0 Å². The summed E-state index contributed by atoms with van der Waals surface area (Å²) in [6.45, 7) is 2.19. The van der Waals surface area contributed by atoms with Crippen LogP contribution in [-0.2, 0) is 0 Å². The molecule has 0 saturated carbocycles. The van der Waals surface area contributed by atoms with Crippen molar-refractivity contribution in [1.29, 1.82) is 0 Å². The minimum Gasteiger partial charge on any atom is -0.298 e. The summed E-state index contributed by atoms with van der Waals surface area (Å²) < 4.78 is 0. The number of hydrogen-bond donors (Lipinski definition) is 1. The largest absolute Gasteiger partial charge is 0.298 e. The normalized spacial score (nSPS) is 12.7. The average molecular weight is 300 g/mol. The first-order valence-corrected chi connectivity index (χ1v) is 8.33. The molecule has 0 aliphatic rings. The fraction of sp³-hybridized carbons (Fsp3) is 0.188. The predicted octanol–water partition coefficient (Wildman–Crippen LogP) is 4.64. The highest BCUT2D eigenvalue weighted by atomic mass is 32.1. The molecule has 0 saturated heterocycles. The first-order chi connectivity index (χ1) is 9.84. The quantitative estimate of drug-likeness (QED) is 0.742. The molecule has 2 nitrogen and oxygen atoms in total. The van der Waals surface area contributed by atoms with Crippen LogP contribution >= 0.6 is 22.7 Å². The molecule has 1 N–H and O–H groups in total. The van der Waals surface area contributed by atoms with E-state index in [1.807, 2.05) is 18.5 Å². The number of nitrogens with zero attached hydrogens (tertiary/aromatic N) is 1. The summed E-state index contributed by atoms with van der Waals surface area (Å²) >= 11 is 3.59. The van der Waals surface area contributed by atoms with Gasteiger partial charge >= 0.3 is 0 Å². The van der Waals surface area contributed by atoms with Crippen LogP contribution in [0.2, 0.25) is 0 Å². The molecule has 4 heteroatoms. The van der Waals surface area contributed by atoms with Crippen LogP contribution in [0.3, 0.4) is 0 Å². The van der Waals surface area contributed by atoms with Crippen molar-refractivity contribution in [1.82, 2.24) is 10.3 Å². The third kappa shape index (κ3) is 2.98. The zero-order valence-electron chi connectivity index (χ0n) is 11.2. The molecule has 1 atom stereocenters. The Hall–Kier alpha value is -1.49. The van der Waals surface area contributed by atoms with E-state index in [1.54, 1.807) is 22.7 Å². The number of pyridine rings is 1. The standard InChI is InChI=1S/C16H16N2S2/c1-12(13-5-2-8-17-11-13)18-16(14-6-3-9-19-14)15-7-4-10-20-15/h2-12,16,18H,1H3/t12-/m0/s1. The van der Waals surface area contributed by atoms with E-state index in [2.05, 4.69) is 58.3 Å². The van der Waals surface area contributed by atoms with Gasteiger partial charge in [-0.05, 0) is 41.4 Å². The van der Waals surface area contributed by atoms with Crippen molar-refractivity contribution in [3.8, 4) is 0 Å². The van der Waals surface area contributed by atoms with Gasteiger partial charge in [0.25, 0.3) is 0 Å². The van der Waals surface area contributed by atoms with Crippen molar-refractivity contribution in [2.45, 2.75) is 19.0 Å². The molecule has 3 aromatic heterocycles. The maximum Gasteiger partial charge on any atom is 0.0769 e. The Labute approximate surface area is 127 Å². The van der Waals surface area contributed by atoms with Crippen LogP contribution < -0.4 is 5.32 Å². The fourth-order valence-electron chi connectivity index (χ4n) is 2.19. The van der Waals surface area contributed by atoms with Crippen molar-refractivity contribution in [3.63, 3.8) is 0 Å². The SMILES string of the molecule is C[C@H](NC(c1cccs1)c1cccs1)c1cccnc1. The Kier molecular flexibility index (Phi) is 4.25. The summed E-state index contributed by atoms with van der Waals surface area (Å²) in [7, 11) is 0. The van der Waals surface area contributed by atoms with Gasteiger partial charge in [-0.15, -0.1) is 22.7 Å². The molecule has 0 bridgehead atoms. The topological polar surface area (TPSA) is 24.9 Å². The van der Waals surface area contributed by atoms with E-state index < -0.39 is 0 Å². The van der Waals surface area contributed by atoms with E-state index in [0.717, 1.165) is 0 Å². The van der Waals surface area contributed by atoms with Gasteiger partial charge in [-0.1, -0.05) is 18.2 Å². The van der Waals surface area contributed by atoms with Crippen LogP contribution in [0.1, 0.15) is 34.3 Å². The summed E-state index contributed by atoms with van der Waals surface area (Å²) in [6, 6.07) is 13.2. The summed E-state index contributed by atoms with van der Waals surface area (Å²) in [4.78, 5) is 6.90. The van der Waals surface area contributed by atoms with Crippen LogP contribution in [0.25, 0.3) is 0 Å². The third-order valence-electron chi connectivity index (χ3n) is 3.26. The predicted molar refractivity (Wildman–Crippen MR) is 86.3 cm³/mol. The first-order valence-electron chi connectivity index (χ1n) is 6.57. The van der Waals surface area contributed by atoms with Gasteiger partial charge in [0.15, 0.2) is 0 Å². The van der Waals surface area contributed by atoms with Gasteiger partial charge < -0.3 is 0 Å². The molecule has 0 radical (unpaired) electrons. The number of thiophene rings is 2. The van der Waals surface area contributed by atoms with Gasteiger partial charge in [-0.2, -0.15) is 0 Å². The van der Waals surface area contributed by atoms with Gasteiger partial charge in [-0.3, -0.25) is 10.3 Å². The Balaban J connectivity index is 1.84. The minimum absolute atomic E-state index is 0.255. The van der Waals surface area contributed by atoms with E-state index in [4.69, 9.17) is 0 Å². The zero-order valence-corrected chi connectivity index (χ0v) is 12.8. The molecule has 3 aromatic rings. The molecule has 0 fully saturated rings. The van der Waals surface area contributed by atoms with Crippen molar-refractivity contribution in [3.05, 3.63) is 74.9 Å². The Morgan fingerprint density at radius 1 is 1.00 bits per heavy atom. The van der Waals surface area contributed by atoms with Crippen LogP contribution in [0.5, 0.6) is 0 Å². The monoisotopic (exact) mass is 300 g/mol. The average Bonchev–Trinajstić information content (AvgIpc) is 3.19. The van der Waals surface area contributed by atoms with E-state index in [-0.39, 0.29) is 12.1 Å². The Morgan fingerprint density at radius 2 is 1.70 bits per heavy atom. The number of hydrogen-bond acceptors (Lipinski definition) is 4. The maximum absolute atomic E-state index is 4.20. The Morgan fingerprint density at radius 3 is 2.20 bits per heavy atom. The highest BCUT2D eigenvalue weighted by molar-refractivity contribution is 7.11. The van der Waals surface area contributed by atoms with Crippen LogP contribution in [0.15, 0.2) is 59.6 Å². The van der Waals surface area contributed by atoms with Gasteiger partial charge in [0.1, 0.15) is 0 Å². The maximum atomic E-state index is 4.20. The second kappa shape index (κ2) is 6.31. The summed E-state index contributed by atoms with van der Waals surface area (Å²) in [6.07, 6.45) is 3.74. The van der Waals surface area contributed by atoms with Gasteiger partial charge in [0.2, 0.25) is 0 Å². The van der Waals surface area contributed by atoms with E-state index in [0.29, 0.717) is 0 Å². The Bertz CT molecular complexity index is 584. The van der Waals surface area contributed by atoms with E-state index >= 15 is 0 Å². The summed E-state index contributed by atoms with van der Waals surface area (Å²) in [5.74, 6) is 0. The lowest BCUT2D eigenvalue weighted by Gasteiger charge is -2.22. The smallest absolute Gasteiger partial charge is 0.0769 e. The molecule has 102 valence electrons. The first kappa shape index (κ1) is 13.5. The van der Waals surface area contributed by atoms with E-state index in [1.165, 1.54) is 15.3 Å². The fourth-order valence-corrected chi connectivity index (χ4v) is 3.87. The van der Waals surface area contributed by atoms with Crippen LogP contribution in [0.4, 0.5) is 0 Å². The van der Waals surface area contributed by atoms with Gasteiger partial charge in [-0.25, -0.2) is 0 Å². The van der Waals surface area contributed by atoms with Crippen molar-refractivity contribution < 1.29 is 0 Å². The summed E-state index contributed by atoms with van der Waals surface area (Å²) in [5.41, 5.74) is 1.21. The summed E-state index contributed by atoms with van der Waals surface area (Å²) in [5, 5.41) is 7.98. The molecular weight excluding hydrogens is 284 g/mol. The van der Waals surface area contributed by atoms with Crippen LogP contribution in [-0.4, -0.2) is 4.98 Å². The zero-order chi connectivity index (χ0) is 13.8. The van der Waals surface area contributed by atoms with Gasteiger partial charge in [0.05, 0.1) is 6.04 Å². The molecule has 0 aromatic carbocycles. The second-order valence-electron chi connectivity index (χ2n) is 4.64. The molecule has 0 spiro atoms. The second-order valence-corrected chi connectivity index (χ2v) is 6.60. The highest BCUT2D eigenvalue weighted by Gasteiger charge is 2.19. The molecule has 20 heavy (non-hydrogen) atoms. The molecule has 0 amide bonds. The number of rotatable bonds is 5. The lowest BCUT2D eigenvalue weighted by molar-refractivity contribution is 0.525. The number of aromatic nitrogens is 1. The molecule has 3 rings (SSSR count). The number of nitrogens with one attached hydrogen (secondary N) is 1. The van der Waals surface area contributed by atoms with E-state index in [9.17, 15) is 0 Å². The third-order valence-corrected chi connectivity index (χ3v) is 5.13. The molecule has 3 heterocycles. The van der Waals surface area contributed by atoms with Crippen LogP contribution in [0, 0.1) is 0 Å². The van der Waals surface area contributed by atoms with Gasteiger partial charge in [0, 0.05) is 28.2 Å². The lowest BCUT2D eigenvalue weighted by atomic mass is 10.1. The molecule has 0 unspecified atom stereocenters. The van der Waals surface area contributed by atoms with Crippen molar-refractivity contribution >= 4 is 22.7 Å².